The van der Waals surface area contributed by atoms with E-state index in [-0.39, 0.29) is 0 Å². The topological polar surface area (TPSA) is 95.8 Å². The van der Waals surface area contributed by atoms with Gasteiger partial charge in [0.1, 0.15) is 6.26 Å². The first-order valence-electron chi connectivity index (χ1n) is 10.4. The Labute approximate surface area is 186 Å². The van der Waals surface area contributed by atoms with E-state index in [1.54, 1.807) is 6.26 Å². The van der Waals surface area contributed by atoms with Gasteiger partial charge in [0.25, 0.3) is 0 Å². The molecule has 0 atom stereocenters. The Morgan fingerprint density at radius 3 is 2.81 bits per heavy atom. The first kappa shape index (κ1) is 21.3. The van der Waals surface area contributed by atoms with Gasteiger partial charge in [-0.2, -0.15) is 4.98 Å². The number of nitrogens with one attached hydrogen (secondary N) is 1. The van der Waals surface area contributed by atoms with Gasteiger partial charge in [-0.05, 0) is 19.1 Å². The van der Waals surface area contributed by atoms with Crippen LogP contribution < -0.4 is 5.32 Å². The number of hydrogen-bond donors (Lipinski definition) is 1. The molecule has 2 aromatic heterocycles. The molecule has 3 aromatic rings. The molecule has 0 unspecified atom stereocenters. The molecule has 4 rings (SSSR count). The molecule has 1 saturated heterocycles. The lowest BCUT2D eigenvalue weighted by Crippen LogP contribution is -2.52. The number of aromatic nitrogens is 3. The molecule has 1 aromatic carbocycles. The quantitative estimate of drug-likeness (QED) is 0.440. The van der Waals surface area contributed by atoms with E-state index < -0.39 is 0 Å². The Morgan fingerprint density at radius 1 is 1.19 bits per heavy atom. The van der Waals surface area contributed by atoms with Crippen molar-refractivity contribution in [1.82, 2.24) is 30.4 Å². The fourth-order valence-corrected chi connectivity index (χ4v) is 3.64. The van der Waals surface area contributed by atoms with Crippen LogP contribution in [0.1, 0.15) is 18.5 Å². The summed E-state index contributed by atoms with van der Waals surface area (Å²) in [5.74, 6) is 2.02. The van der Waals surface area contributed by atoms with Crippen LogP contribution in [-0.4, -0.2) is 70.3 Å². The van der Waals surface area contributed by atoms with Crippen molar-refractivity contribution < 1.29 is 9.05 Å². The average Bonchev–Trinajstić information content (AvgIpc) is 3.46. The van der Waals surface area contributed by atoms with E-state index in [0.29, 0.717) is 29.7 Å². The molecule has 0 amide bonds. The molecule has 0 radical (unpaired) electrons. The van der Waals surface area contributed by atoms with Gasteiger partial charge in [-0.25, -0.2) is 0 Å². The van der Waals surface area contributed by atoms with E-state index >= 15 is 0 Å². The van der Waals surface area contributed by atoms with Crippen molar-refractivity contribution in [3.63, 3.8) is 0 Å². The monoisotopic (exact) mass is 443 g/mol. The van der Waals surface area contributed by atoms with Crippen LogP contribution in [0.15, 0.2) is 50.6 Å². The molecule has 10 heteroatoms. The number of guanidine groups is 1. The maximum absolute atomic E-state index is 6.04. The van der Waals surface area contributed by atoms with Crippen molar-refractivity contribution in [3.8, 4) is 11.4 Å². The second-order valence-electron chi connectivity index (χ2n) is 7.26. The van der Waals surface area contributed by atoms with Gasteiger partial charge < -0.3 is 19.3 Å². The summed E-state index contributed by atoms with van der Waals surface area (Å²) in [5.41, 5.74) is 1.80. The van der Waals surface area contributed by atoms with Gasteiger partial charge in [0.15, 0.2) is 5.96 Å². The Morgan fingerprint density at radius 2 is 2.06 bits per heavy atom. The van der Waals surface area contributed by atoms with Crippen LogP contribution in [0.25, 0.3) is 11.4 Å². The molecular weight excluding hydrogens is 418 g/mol. The van der Waals surface area contributed by atoms with Crippen LogP contribution in [0.3, 0.4) is 0 Å². The van der Waals surface area contributed by atoms with E-state index in [1.807, 2.05) is 30.3 Å². The zero-order valence-electron chi connectivity index (χ0n) is 17.5. The van der Waals surface area contributed by atoms with Crippen molar-refractivity contribution in [2.24, 2.45) is 4.99 Å². The van der Waals surface area contributed by atoms with Gasteiger partial charge >= 0.3 is 0 Å². The lowest BCUT2D eigenvalue weighted by Gasteiger charge is -2.36. The van der Waals surface area contributed by atoms with E-state index in [9.17, 15) is 0 Å². The first-order chi connectivity index (χ1) is 15.2. The number of halogens is 1. The van der Waals surface area contributed by atoms with E-state index in [0.717, 1.165) is 56.5 Å². The highest BCUT2D eigenvalue weighted by atomic mass is 35.5. The third-order valence-electron chi connectivity index (χ3n) is 5.02. The van der Waals surface area contributed by atoms with Gasteiger partial charge in [0, 0.05) is 62.3 Å². The van der Waals surface area contributed by atoms with Crippen molar-refractivity contribution in [3.05, 3.63) is 53.2 Å². The highest BCUT2D eigenvalue weighted by molar-refractivity contribution is 6.30. The van der Waals surface area contributed by atoms with Crippen molar-refractivity contribution >= 4 is 17.6 Å². The van der Waals surface area contributed by atoms with Crippen LogP contribution in [0, 0.1) is 0 Å². The van der Waals surface area contributed by atoms with E-state index in [1.165, 1.54) is 0 Å². The molecule has 1 aliphatic heterocycles. The Hall–Kier alpha value is -2.91. The summed E-state index contributed by atoms with van der Waals surface area (Å²) in [5, 5.41) is 12.1. The van der Waals surface area contributed by atoms with Crippen LogP contribution in [0.5, 0.6) is 0 Å². The number of hydrogen-bond acceptors (Lipinski definition) is 7. The number of nitrogens with zero attached hydrogens (tertiary/aromatic N) is 6. The van der Waals surface area contributed by atoms with Crippen molar-refractivity contribution in [1.29, 1.82) is 0 Å². The summed E-state index contributed by atoms with van der Waals surface area (Å²) in [6.45, 7) is 7.98. The zero-order chi connectivity index (χ0) is 21.5. The van der Waals surface area contributed by atoms with E-state index in [2.05, 4.69) is 37.3 Å². The summed E-state index contributed by atoms with van der Waals surface area (Å²) in [7, 11) is 0. The standard InChI is InChI=1S/C21H26ClN7O2/c1-2-23-21(29-11-9-28(10-12-29)15-18-7-13-30-26-18)24-8-6-19-25-20(27-31-19)16-4-3-5-17(22)14-16/h3-5,7,13-14H,2,6,8-12,15H2,1H3,(H,23,24). The molecule has 3 heterocycles. The van der Waals surface area contributed by atoms with Crippen molar-refractivity contribution in [2.45, 2.75) is 19.9 Å². The molecule has 0 bridgehead atoms. The van der Waals surface area contributed by atoms with Crippen LogP contribution in [-0.2, 0) is 13.0 Å². The van der Waals surface area contributed by atoms with Crippen molar-refractivity contribution in [2.75, 3.05) is 39.3 Å². The van der Waals surface area contributed by atoms with Crippen LogP contribution >= 0.6 is 11.6 Å². The summed E-state index contributed by atoms with van der Waals surface area (Å²) in [6.07, 6.45) is 2.19. The number of rotatable bonds is 7. The smallest absolute Gasteiger partial charge is 0.228 e. The largest absolute Gasteiger partial charge is 0.364 e. The highest BCUT2D eigenvalue weighted by Crippen LogP contribution is 2.20. The number of aliphatic imine (C=N–C) groups is 1. The maximum atomic E-state index is 6.04. The SMILES string of the molecule is CCNC(=NCCc1nc(-c2cccc(Cl)c2)no1)N1CCN(Cc2ccon2)CC1. The van der Waals surface area contributed by atoms with Crippen LogP contribution in [0.4, 0.5) is 0 Å². The Balaban J connectivity index is 1.30. The Kier molecular flexibility index (Phi) is 7.16. The fraction of sp³-hybridized carbons (Fsp3) is 0.429. The molecule has 0 aliphatic carbocycles. The van der Waals surface area contributed by atoms with Crippen LogP contribution in [0.2, 0.25) is 5.02 Å². The molecule has 0 saturated carbocycles. The lowest BCUT2D eigenvalue weighted by molar-refractivity contribution is 0.169. The van der Waals surface area contributed by atoms with Gasteiger partial charge in [0.2, 0.25) is 11.7 Å². The van der Waals surface area contributed by atoms with Gasteiger partial charge in [0.05, 0.1) is 12.2 Å². The zero-order valence-corrected chi connectivity index (χ0v) is 18.3. The second kappa shape index (κ2) is 10.4. The van der Waals surface area contributed by atoms with E-state index in [4.69, 9.17) is 25.6 Å². The highest BCUT2D eigenvalue weighted by Gasteiger charge is 2.20. The molecule has 31 heavy (non-hydrogen) atoms. The summed E-state index contributed by atoms with van der Waals surface area (Å²) in [4.78, 5) is 13.9. The minimum Gasteiger partial charge on any atom is -0.364 e. The molecule has 9 nitrogen and oxygen atoms in total. The second-order valence-corrected chi connectivity index (χ2v) is 7.70. The lowest BCUT2D eigenvalue weighted by atomic mass is 10.2. The van der Waals surface area contributed by atoms with Gasteiger partial charge in [-0.1, -0.05) is 34.0 Å². The summed E-state index contributed by atoms with van der Waals surface area (Å²) in [6, 6.07) is 9.32. The fourth-order valence-electron chi connectivity index (χ4n) is 3.45. The molecule has 1 N–H and O–H groups in total. The maximum Gasteiger partial charge on any atom is 0.228 e. The number of benzene rings is 1. The van der Waals surface area contributed by atoms with Gasteiger partial charge in [-0.15, -0.1) is 0 Å². The minimum atomic E-state index is 0.539. The van der Waals surface area contributed by atoms with Gasteiger partial charge in [-0.3, -0.25) is 9.89 Å². The summed E-state index contributed by atoms with van der Waals surface area (Å²) >= 11 is 6.04. The minimum absolute atomic E-state index is 0.539. The average molecular weight is 444 g/mol. The molecule has 1 fully saturated rings. The normalized spacial score (nSPS) is 15.4. The third kappa shape index (κ3) is 5.83. The molecule has 0 spiro atoms. The molecular formula is C21H26ClN7O2. The third-order valence-corrected chi connectivity index (χ3v) is 5.26. The molecule has 1 aliphatic rings. The Bertz CT molecular complexity index is 981. The first-order valence-corrected chi connectivity index (χ1v) is 10.8. The number of piperazine rings is 1. The summed E-state index contributed by atoms with van der Waals surface area (Å²) < 4.78 is 10.3. The predicted octanol–water partition coefficient (Wildman–Crippen LogP) is 2.70. The predicted molar refractivity (Wildman–Crippen MR) is 118 cm³/mol. The molecule has 164 valence electrons.